The van der Waals surface area contributed by atoms with Gasteiger partial charge in [-0.15, -0.1) is 0 Å². The van der Waals surface area contributed by atoms with Crippen LogP contribution in [0.5, 0.6) is 5.75 Å². The van der Waals surface area contributed by atoms with Crippen LogP contribution in [0.4, 0.5) is 0 Å². The second-order valence-corrected chi connectivity index (χ2v) is 6.54. The zero-order chi connectivity index (χ0) is 16.2. The summed E-state index contributed by atoms with van der Waals surface area (Å²) in [6.07, 6.45) is 0.538. The minimum absolute atomic E-state index is 0. The Kier molecular flexibility index (Phi) is 6.93. The lowest BCUT2D eigenvalue weighted by molar-refractivity contribution is -0.00000710. The van der Waals surface area contributed by atoms with E-state index in [2.05, 4.69) is 29.2 Å². The highest BCUT2D eigenvalue weighted by molar-refractivity contribution is 6.31. The van der Waals surface area contributed by atoms with E-state index in [1.807, 2.05) is 25.1 Å². The fraction of sp³-hybridized carbons (Fsp3) is 0.368. The number of aliphatic hydroxyl groups excluding tert-OH is 1. The number of β-amino-alcohol motifs (C(OH)–C–C–N with tert-alkyl or cyclic N) is 1. The molecule has 2 aromatic carbocycles. The van der Waals surface area contributed by atoms with E-state index >= 15 is 0 Å². The molecule has 3 nitrogen and oxygen atoms in total. The summed E-state index contributed by atoms with van der Waals surface area (Å²) in [4.78, 5) is 2.28. The molecule has 0 spiro atoms. The number of ether oxygens (including phenoxy) is 1. The average Bonchev–Trinajstić information content (AvgIpc) is 2.56. The van der Waals surface area contributed by atoms with Crippen LogP contribution in [0.2, 0.25) is 5.02 Å². The molecule has 1 unspecified atom stereocenters. The molecule has 130 valence electrons. The SMILES string of the molecule is Cc1cc(OCC(O)CN2CCc3ccccc3C2)ccc1Cl.[Cl-]. The number of hydrogen-bond acceptors (Lipinski definition) is 3. The van der Waals surface area contributed by atoms with Crippen LogP contribution in [-0.4, -0.2) is 35.8 Å². The number of benzene rings is 2. The second-order valence-electron chi connectivity index (χ2n) is 6.13. The van der Waals surface area contributed by atoms with Crippen LogP contribution in [0.3, 0.4) is 0 Å². The van der Waals surface area contributed by atoms with Gasteiger partial charge in [-0.05, 0) is 48.2 Å². The van der Waals surface area contributed by atoms with Gasteiger partial charge >= 0.3 is 0 Å². The number of hydrogen-bond donors (Lipinski definition) is 1. The van der Waals surface area contributed by atoms with Crippen molar-refractivity contribution in [1.29, 1.82) is 0 Å². The van der Waals surface area contributed by atoms with Gasteiger partial charge in [0.2, 0.25) is 0 Å². The molecule has 0 aliphatic carbocycles. The lowest BCUT2D eigenvalue weighted by Gasteiger charge is -2.30. The number of nitrogens with zero attached hydrogens (tertiary/aromatic N) is 1. The van der Waals surface area contributed by atoms with Crippen LogP contribution in [0.1, 0.15) is 16.7 Å². The van der Waals surface area contributed by atoms with Crippen molar-refractivity contribution in [3.05, 3.63) is 64.2 Å². The average molecular weight is 367 g/mol. The predicted octanol–water partition coefficient (Wildman–Crippen LogP) is 0.450. The van der Waals surface area contributed by atoms with Crippen LogP contribution in [0.25, 0.3) is 0 Å². The quantitative estimate of drug-likeness (QED) is 0.833. The first-order chi connectivity index (χ1) is 11.1. The van der Waals surface area contributed by atoms with E-state index in [0.717, 1.165) is 35.8 Å². The van der Waals surface area contributed by atoms with Crippen molar-refractivity contribution in [2.75, 3.05) is 19.7 Å². The lowest BCUT2D eigenvalue weighted by atomic mass is 10.00. The topological polar surface area (TPSA) is 32.7 Å². The van der Waals surface area contributed by atoms with Gasteiger partial charge in [-0.1, -0.05) is 35.9 Å². The van der Waals surface area contributed by atoms with Crippen LogP contribution in [0, 0.1) is 6.92 Å². The molecule has 3 rings (SSSR count). The normalized spacial score (nSPS) is 15.3. The maximum atomic E-state index is 10.2. The summed E-state index contributed by atoms with van der Waals surface area (Å²) in [6.45, 7) is 4.73. The summed E-state index contributed by atoms with van der Waals surface area (Å²) in [7, 11) is 0. The van der Waals surface area contributed by atoms with Crippen LogP contribution >= 0.6 is 11.6 Å². The molecule has 0 bridgehead atoms. The molecule has 2 aromatic rings. The Morgan fingerprint density at radius 1 is 1.21 bits per heavy atom. The molecule has 0 radical (unpaired) electrons. The zero-order valence-corrected chi connectivity index (χ0v) is 15.2. The van der Waals surface area contributed by atoms with Crippen molar-refractivity contribution in [1.82, 2.24) is 4.90 Å². The smallest absolute Gasteiger partial charge is 0.119 e. The van der Waals surface area contributed by atoms with Crippen molar-refractivity contribution in [2.45, 2.75) is 26.0 Å². The lowest BCUT2D eigenvalue weighted by Crippen LogP contribution is -3.00. The van der Waals surface area contributed by atoms with E-state index in [0.29, 0.717) is 13.2 Å². The van der Waals surface area contributed by atoms with E-state index < -0.39 is 6.10 Å². The van der Waals surface area contributed by atoms with Crippen molar-refractivity contribution >= 4 is 11.6 Å². The van der Waals surface area contributed by atoms with Crippen LogP contribution in [-0.2, 0) is 13.0 Å². The number of halogens is 2. The number of fused-ring (bicyclic) bond motifs is 1. The van der Waals surface area contributed by atoms with Gasteiger partial charge in [0, 0.05) is 24.7 Å². The first-order valence-corrected chi connectivity index (χ1v) is 8.36. The van der Waals surface area contributed by atoms with Gasteiger partial charge in [0.05, 0.1) is 0 Å². The molecular weight excluding hydrogens is 345 g/mol. The van der Waals surface area contributed by atoms with Gasteiger partial charge in [-0.25, -0.2) is 0 Å². The summed E-state index contributed by atoms with van der Waals surface area (Å²) in [5.41, 5.74) is 3.76. The molecule has 1 heterocycles. The first kappa shape index (κ1) is 19.1. The minimum atomic E-state index is -0.503. The molecule has 0 aromatic heterocycles. The third-order valence-corrected chi connectivity index (χ3v) is 4.67. The molecule has 1 aliphatic rings. The Hall–Kier alpha value is -1.26. The van der Waals surface area contributed by atoms with E-state index in [-0.39, 0.29) is 12.4 Å². The summed E-state index contributed by atoms with van der Waals surface area (Å²) in [6, 6.07) is 14.1. The van der Waals surface area contributed by atoms with Gasteiger partial charge in [-0.2, -0.15) is 0 Å². The highest BCUT2D eigenvalue weighted by atomic mass is 35.5. The molecular formula is C19H22Cl2NO2-. The summed E-state index contributed by atoms with van der Waals surface area (Å²) < 4.78 is 5.68. The first-order valence-electron chi connectivity index (χ1n) is 7.98. The van der Waals surface area contributed by atoms with Crippen molar-refractivity contribution in [2.24, 2.45) is 0 Å². The van der Waals surface area contributed by atoms with Gasteiger partial charge in [0.25, 0.3) is 0 Å². The van der Waals surface area contributed by atoms with E-state index in [1.165, 1.54) is 11.1 Å². The van der Waals surface area contributed by atoms with Gasteiger partial charge in [0.15, 0.2) is 0 Å². The molecule has 24 heavy (non-hydrogen) atoms. The molecule has 0 saturated heterocycles. The maximum Gasteiger partial charge on any atom is 0.119 e. The van der Waals surface area contributed by atoms with Gasteiger partial charge < -0.3 is 22.3 Å². The minimum Gasteiger partial charge on any atom is -1.00 e. The monoisotopic (exact) mass is 366 g/mol. The second kappa shape index (κ2) is 8.72. The van der Waals surface area contributed by atoms with Crippen molar-refractivity contribution in [3.8, 4) is 5.75 Å². The van der Waals surface area contributed by atoms with Crippen molar-refractivity contribution < 1.29 is 22.3 Å². The fourth-order valence-electron chi connectivity index (χ4n) is 2.96. The number of aliphatic hydroxyl groups is 1. The van der Waals surface area contributed by atoms with E-state index in [4.69, 9.17) is 16.3 Å². The molecule has 1 N–H and O–H groups in total. The third kappa shape index (κ3) is 4.87. The number of rotatable bonds is 5. The fourth-order valence-corrected chi connectivity index (χ4v) is 3.08. The van der Waals surface area contributed by atoms with Gasteiger partial charge in [0.1, 0.15) is 18.5 Å². The Balaban J connectivity index is 0.00000208. The summed E-state index contributed by atoms with van der Waals surface area (Å²) >= 11 is 6.00. The molecule has 5 heteroatoms. The molecule has 0 saturated carbocycles. The Bertz CT molecular complexity index is 678. The highest BCUT2D eigenvalue weighted by Crippen LogP contribution is 2.22. The predicted molar refractivity (Wildman–Crippen MR) is 93.1 cm³/mol. The molecule has 1 aliphatic heterocycles. The van der Waals surface area contributed by atoms with Gasteiger partial charge in [-0.3, -0.25) is 4.90 Å². The van der Waals surface area contributed by atoms with E-state index in [1.54, 1.807) is 0 Å². The standard InChI is InChI=1S/C19H22ClNO2.ClH/c1-14-10-18(6-7-19(14)20)23-13-17(22)12-21-9-8-15-4-2-3-5-16(15)11-21;/h2-7,10,17,22H,8-9,11-13H2,1H3;1H/p-1. The third-order valence-electron chi connectivity index (χ3n) is 4.25. The summed E-state index contributed by atoms with van der Waals surface area (Å²) in [5.74, 6) is 0.745. The summed E-state index contributed by atoms with van der Waals surface area (Å²) in [5, 5.41) is 11.0. The van der Waals surface area contributed by atoms with Crippen LogP contribution < -0.4 is 17.1 Å². The van der Waals surface area contributed by atoms with Crippen molar-refractivity contribution in [3.63, 3.8) is 0 Å². The zero-order valence-electron chi connectivity index (χ0n) is 13.7. The Morgan fingerprint density at radius 3 is 2.71 bits per heavy atom. The van der Waals surface area contributed by atoms with Crippen LogP contribution in [0.15, 0.2) is 42.5 Å². The largest absolute Gasteiger partial charge is 1.00 e. The van der Waals surface area contributed by atoms with E-state index in [9.17, 15) is 5.11 Å². The number of aryl methyl sites for hydroxylation is 1. The maximum absolute atomic E-state index is 10.2. The molecule has 0 fully saturated rings. The Morgan fingerprint density at radius 2 is 1.96 bits per heavy atom. The highest BCUT2D eigenvalue weighted by Gasteiger charge is 2.18. The molecule has 0 amide bonds. The Labute approximate surface area is 154 Å². The molecule has 1 atom stereocenters.